The van der Waals surface area contributed by atoms with Crippen molar-refractivity contribution in [2.24, 2.45) is 0 Å². The van der Waals surface area contributed by atoms with Crippen LogP contribution in [0.3, 0.4) is 0 Å². The third-order valence-corrected chi connectivity index (χ3v) is 3.83. The van der Waals surface area contributed by atoms with Crippen molar-refractivity contribution in [2.75, 3.05) is 5.32 Å². The Bertz CT molecular complexity index is 717. The van der Waals surface area contributed by atoms with Crippen LogP contribution in [0.2, 0.25) is 0 Å². The first-order valence-corrected chi connectivity index (χ1v) is 7.31. The predicted molar refractivity (Wildman–Crippen MR) is 84.5 cm³/mol. The fourth-order valence-corrected chi connectivity index (χ4v) is 2.68. The first-order valence-electron chi connectivity index (χ1n) is 6.43. The lowest BCUT2D eigenvalue weighted by atomic mass is 10.1. The van der Waals surface area contributed by atoms with E-state index in [9.17, 15) is 0 Å². The van der Waals surface area contributed by atoms with Crippen molar-refractivity contribution in [2.45, 2.75) is 13.8 Å². The molecule has 0 amide bonds. The van der Waals surface area contributed by atoms with Crippen LogP contribution in [0.15, 0.2) is 48.0 Å². The molecule has 2 aromatic heterocycles. The van der Waals surface area contributed by atoms with Gasteiger partial charge in [-0.3, -0.25) is 0 Å². The molecule has 4 heteroatoms. The third-order valence-electron chi connectivity index (χ3n) is 3.07. The van der Waals surface area contributed by atoms with Crippen molar-refractivity contribution in [1.29, 1.82) is 0 Å². The Hall–Kier alpha value is -2.20. The molecule has 0 saturated heterocycles. The smallest absolute Gasteiger partial charge is 0.188 e. The summed E-state index contributed by atoms with van der Waals surface area (Å²) in [6, 6.07) is 12.3. The molecule has 0 aliphatic rings. The quantitative estimate of drug-likeness (QED) is 0.764. The molecule has 0 fully saturated rings. The van der Waals surface area contributed by atoms with Crippen molar-refractivity contribution in [1.82, 2.24) is 9.97 Å². The van der Waals surface area contributed by atoms with Crippen LogP contribution < -0.4 is 5.32 Å². The zero-order chi connectivity index (χ0) is 13.9. The summed E-state index contributed by atoms with van der Waals surface area (Å²) < 4.78 is 0. The van der Waals surface area contributed by atoms with Crippen LogP contribution >= 0.6 is 11.3 Å². The number of nitrogens with one attached hydrogen (secondary N) is 1. The minimum Gasteiger partial charge on any atom is -0.316 e. The lowest BCUT2D eigenvalue weighted by Gasteiger charge is -2.02. The second-order valence-electron chi connectivity index (χ2n) is 4.70. The number of aromatic nitrogens is 2. The molecule has 3 rings (SSSR count). The van der Waals surface area contributed by atoms with Gasteiger partial charge < -0.3 is 5.32 Å². The number of hydrogen-bond donors (Lipinski definition) is 1. The summed E-state index contributed by atoms with van der Waals surface area (Å²) in [6.07, 6.45) is 1.85. The van der Waals surface area contributed by atoms with E-state index >= 15 is 0 Å². The molecule has 0 saturated carbocycles. The molecular formula is C16H15N3S. The van der Waals surface area contributed by atoms with E-state index in [1.165, 1.54) is 11.1 Å². The standard InChI is InChI=1S/C16H15N3S/c1-11-7-8-15(17-9-11)19-16-18-14(10-20-16)13-6-4-3-5-12(13)2/h3-10H,1-2H3,(H,17,18,19). The number of hydrogen-bond acceptors (Lipinski definition) is 4. The van der Waals surface area contributed by atoms with Gasteiger partial charge in [-0.15, -0.1) is 11.3 Å². The lowest BCUT2D eigenvalue weighted by Crippen LogP contribution is -1.93. The maximum atomic E-state index is 4.63. The van der Waals surface area contributed by atoms with Gasteiger partial charge in [0, 0.05) is 17.1 Å². The van der Waals surface area contributed by atoms with Gasteiger partial charge in [-0.2, -0.15) is 0 Å². The molecule has 3 aromatic rings. The van der Waals surface area contributed by atoms with E-state index in [2.05, 4.69) is 39.7 Å². The van der Waals surface area contributed by atoms with E-state index in [0.29, 0.717) is 0 Å². The molecule has 0 unspecified atom stereocenters. The van der Waals surface area contributed by atoms with Crippen molar-refractivity contribution in [3.8, 4) is 11.3 Å². The van der Waals surface area contributed by atoms with Gasteiger partial charge in [-0.25, -0.2) is 9.97 Å². The second kappa shape index (κ2) is 5.43. The van der Waals surface area contributed by atoms with Crippen LogP contribution in [-0.2, 0) is 0 Å². The van der Waals surface area contributed by atoms with E-state index in [-0.39, 0.29) is 0 Å². The Morgan fingerprint density at radius 1 is 1.05 bits per heavy atom. The van der Waals surface area contributed by atoms with Crippen molar-refractivity contribution in [3.63, 3.8) is 0 Å². The summed E-state index contributed by atoms with van der Waals surface area (Å²) in [7, 11) is 0. The highest BCUT2D eigenvalue weighted by molar-refractivity contribution is 7.14. The molecule has 0 aliphatic heterocycles. The summed E-state index contributed by atoms with van der Waals surface area (Å²) in [4.78, 5) is 8.96. The molecule has 20 heavy (non-hydrogen) atoms. The van der Waals surface area contributed by atoms with Crippen LogP contribution in [0.1, 0.15) is 11.1 Å². The summed E-state index contributed by atoms with van der Waals surface area (Å²) in [5.74, 6) is 0.821. The van der Waals surface area contributed by atoms with Gasteiger partial charge in [-0.05, 0) is 31.0 Å². The molecule has 100 valence electrons. The van der Waals surface area contributed by atoms with Crippen LogP contribution in [0, 0.1) is 13.8 Å². The topological polar surface area (TPSA) is 37.8 Å². The minimum atomic E-state index is 0.821. The van der Waals surface area contributed by atoms with Crippen molar-refractivity contribution >= 4 is 22.3 Å². The van der Waals surface area contributed by atoms with E-state index < -0.39 is 0 Å². The highest BCUT2D eigenvalue weighted by atomic mass is 32.1. The highest BCUT2D eigenvalue weighted by Gasteiger charge is 2.07. The lowest BCUT2D eigenvalue weighted by molar-refractivity contribution is 1.25. The first kappa shape index (κ1) is 12.8. The fraction of sp³-hybridized carbons (Fsp3) is 0.125. The monoisotopic (exact) mass is 281 g/mol. The second-order valence-corrected chi connectivity index (χ2v) is 5.56. The minimum absolute atomic E-state index is 0.821. The number of rotatable bonds is 3. The molecule has 0 radical (unpaired) electrons. The number of pyridine rings is 1. The zero-order valence-corrected chi connectivity index (χ0v) is 12.2. The van der Waals surface area contributed by atoms with Gasteiger partial charge in [0.2, 0.25) is 0 Å². The van der Waals surface area contributed by atoms with Gasteiger partial charge in [0.25, 0.3) is 0 Å². The average molecular weight is 281 g/mol. The van der Waals surface area contributed by atoms with Crippen LogP contribution in [-0.4, -0.2) is 9.97 Å². The number of nitrogens with zero attached hydrogens (tertiary/aromatic N) is 2. The molecule has 0 bridgehead atoms. The largest absolute Gasteiger partial charge is 0.316 e. The highest BCUT2D eigenvalue weighted by Crippen LogP contribution is 2.28. The number of benzene rings is 1. The molecule has 1 aromatic carbocycles. The van der Waals surface area contributed by atoms with Gasteiger partial charge >= 0.3 is 0 Å². The molecule has 0 spiro atoms. The van der Waals surface area contributed by atoms with Gasteiger partial charge in [0.05, 0.1) is 5.69 Å². The van der Waals surface area contributed by atoms with Crippen LogP contribution in [0.5, 0.6) is 0 Å². The third kappa shape index (κ3) is 2.70. The van der Waals surface area contributed by atoms with E-state index in [1.807, 2.05) is 37.4 Å². The predicted octanol–water partition coefficient (Wildman–Crippen LogP) is 4.57. The molecule has 1 N–H and O–H groups in total. The average Bonchev–Trinajstić information content (AvgIpc) is 2.90. The SMILES string of the molecule is Cc1ccc(Nc2nc(-c3ccccc3C)cs2)nc1. The number of thiazole rings is 1. The normalized spacial score (nSPS) is 10.5. The summed E-state index contributed by atoms with van der Waals surface area (Å²) in [5, 5.41) is 6.17. The fourth-order valence-electron chi connectivity index (χ4n) is 1.97. The molecular weight excluding hydrogens is 266 g/mol. The molecule has 2 heterocycles. The van der Waals surface area contributed by atoms with Gasteiger partial charge in [0.15, 0.2) is 5.13 Å². The van der Waals surface area contributed by atoms with Gasteiger partial charge in [0.1, 0.15) is 5.82 Å². The Morgan fingerprint density at radius 3 is 2.65 bits per heavy atom. The summed E-state index contributed by atoms with van der Waals surface area (Å²) in [6.45, 7) is 4.12. The first-order chi connectivity index (χ1) is 9.72. The maximum absolute atomic E-state index is 4.63. The van der Waals surface area contributed by atoms with Crippen molar-refractivity contribution in [3.05, 3.63) is 59.1 Å². The molecule has 3 nitrogen and oxygen atoms in total. The van der Waals surface area contributed by atoms with Crippen LogP contribution in [0.4, 0.5) is 10.9 Å². The maximum Gasteiger partial charge on any atom is 0.188 e. The van der Waals surface area contributed by atoms with E-state index in [0.717, 1.165) is 22.2 Å². The van der Waals surface area contributed by atoms with Crippen LogP contribution in [0.25, 0.3) is 11.3 Å². The van der Waals surface area contributed by atoms with Gasteiger partial charge in [-0.1, -0.05) is 30.3 Å². The zero-order valence-electron chi connectivity index (χ0n) is 11.4. The molecule has 0 aliphatic carbocycles. The summed E-state index contributed by atoms with van der Waals surface area (Å²) >= 11 is 1.59. The number of anilines is 2. The van der Waals surface area contributed by atoms with E-state index in [1.54, 1.807) is 11.3 Å². The Labute approximate surface area is 122 Å². The Morgan fingerprint density at radius 2 is 1.90 bits per heavy atom. The Kier molecular flexibility index (Phi) is 3.48. The molecule has 0 atom stereocenters. The van der Waals surface area contributed by atoms with Crippen molar-refractivity contribution < 1.29 is 0 Å². The van der Waals surface area contributed by atoms with E-state index in [4.69, 9.17) is 0 Å². The Balaban J connectivity index is 1.84. The summed E-state index contributed by atoms with van der Waals surface area (Å²) in [5.41, 5.74) is 4.56. The number of aryl methyl sites for hydroxylation is 2.